The molecule has 1 amide bonds. The topological polar surface area (TPSA) is 55.4 Å². The van der Waals surface area contributed by atoms with E-state index in [9.17, 15) is 9.59 Å². The van der Waals surface area contributed by atoms with Gasteiger partial charge in [0.2, 0.25) is 5.91 Å². The van der Waals surface area contributed by atoms with Crippen LogP contribution >= 0.6 is 11.8 Å². The third kappa shape index (κ3) is 5.72. The monoisotopic (exact) mass is 267 g/mol. The maximum Gasteiger partial charge on any atom is 0.305 e. The molecule has 0 unspecified atom stereocenters. The number of amides is 1. The zero-order chi connectivity index (χ0) is 13.4. The zero-order valence-corrected chi connectivity index (χ0v) is 11.4. The molecule has 0 saturated carbocycles. The predicted molar refractivity (Wildman–Crippen MR) is 72.7 cm³/mol. The lowest BCUT2D eigenvalue weighted by Gasteiger charge is -2.04. The van der Waals surface area contributed by atoms with Gasteiger partial charge in [-0.15, -0.1) is 11.8 Å². The van der Waals surface area contributed by atoms with Crippen molar-refractivity contribution < 1.29 is 14.3 Å². The van der Waals surface area contributed by atoms with Crippen molar-refractivity contribution in [2.75, 3.05) is 18.2 Å². The van der Waals surface area contributed by atoms with Crippen LogP contribution in [-0.2, 0) is 14.3 Å². The highest BCUT2D eigenvalue weighted by molar-refractivity contribution is 7.99. The molecule has 0 aromatic heterocycles. The molecule has 5 heteroatoms. The fourth-order valence-corrected chi connectivity index (χ4v) is 2.20. The van der Waals surface area contributed by atoms with Gasteiger partial charge < -0.3 is 10.1 Å². The zero-order valence-electron chi connectivity index (χ0n) is 10.6. The minimum Gasteiger partial charge on any atom is -0.469 e. The van der Waals surface area contributed by atoms with Gasteiger partial charge in [-0.3, -0.25) is 9.59 Å². The van der Waals surface area contributed by atoms with Crippen LogP contribution in [0, 0.1) is 0 Å². The summed E-state index contributed by atoms with van der Waals surface area (Å²) in [4.78, 5) is 22.9. The number of hydrogen-bond acceptors (Lipinski definition) is 4. The van der Waals surface area contributed by atoms with E-state index in [1.54, 1.807) is 11.8 Å². The number of carbonyl (C=O) groups excluding carboxylic acids is 2. The molecule has 1 aromatic rings. The molecule has 0 bridgehead atoms. The van der Waals surface area contributed by atoms with Crippen molar-refractivity contribution in [2.24, 2.45) is 0 Å². The minimum absolute atomic E-state index is 0.0755. The van der Waals surface area contributed by atoms with Gasteiger partial charge >= 0.3 is 5.97 Å². The number of rotatable bonds is 6. The molecule has 0 aliphatic rings. The summed E-state index contributed by atoms with van der Waals surface area (Å²) in [5.74, 6) is 0.624. The van der Waals surface area contributed by atoms with Gasteiger partial charge in [-0.2, -0.15) is 0 Å². The molecule has 4 nitrogen and oxygen atoms in total. The molecule has 98 valence electrons. The van der Waals surface area contributed by atoms with Gasteiger partial charge in [0.1, 0.15) is 0 Å². The summed E-state index contributed by atoms with van der Waals surface area (Å²) >= 11 is 1.68. The molecular formula is C13H17NO3S. The fraction of sp³-hybridized carbons (Fsp3) is 0.385. The molecule has 0 aliphatic carbocycles. The Bertz CT molecular complexity index is 403. The van der Waals surface area contributed by atoms with Crippen LogP contribution < -0.4 is 5.32 Å². The first kappa shape index (κ1) is 14.6. The summed E-state index contributed by atoms with van der Waals surface area (Å²) in [5.41, 5.74) is 0.793. The van der Waals surface area contributed by atoms with Gasteiger partial charge in [-0.25, -0.2) is 0 Å². The van der Waals surface area contributed by atoms with Crippen LogP contribution in [0.4, 0.5) is 5.69 Å². The van der Waals surface area contributed by atoms with Gasteiger partial charge in [0.25, 0.3) is 0 Å². The molecule has 1 aromatic carbocycles. The lowest BCUT2D eigenvalue weighted by Crippen LogP contribution is -2.05. The Morgan fingerprint density at radius 3 is 2.50 bits per heavy atom. The molecule has 0 saturated heterocycles. The Balaban J connectivity index is 2.31. The van der Waals surface area contributed by atoms with E-state index in [2.05, 4.69) is 10.1 Å². The molecule has 1 N–H and O–H groups in total. The molecule has 0 atom stereocenters. The Morgan fingerprint density at radius 2 is 1.94 bits per heavy atom. The summed E-state index contributed by atoms with van der Waals surface area (Å²) in [6.07, 6.45) is 1.25. The average Bonchev–Trinajstić information content (AvgIpc) is 2.35. The summed E-state index contributed by atoms with van der Waals surface area (Å²) in [5, 5.41) is 2.71. The van der Waals surface area contributed by atoms with Crippen molar-refractivity contribution in [3.05, 3.63) is 24.3 Å². The lowest BCUT2D eigenvalue weighted by atomic mass is 10.3. The summed E-state index contributed by atoms with van der Waals surface area (Å²) < 4.78 is 4.57. The first-order valence-corrected chi connectivity index (χ1v) is 6.67. The van der Waals surface area contributed by atoms with Gasteiger partial charge in [-0.1, -0.05) is 0 Å². The molecule has 0 aliphatic heterocycles. The average molecular weight is 267 g/mol. The van der Waals surface area contributed by atoms with Crippen LogP contribution in [0.3, 0.4) is 0 Å². The van der Waals surface area contributed by atoms with Gasteiger partial charge in [0, 0.05) is 23.9 Å². The lowest BCUT2D eigenvalue weighted by molar-refractivity contribution is -0.140. The van der Waals surface area contributed by atoms with Crippen molar-refractivity contribution in [3.63, 3.8) is 0 Å². The maximum absolute atomic E-state index is 10.9. The van der Waals surface area contributed by atoms with Gasteiger partial charge in [-0.05, 0) is 36.4 Å². The number of carbonyl (C=O) groups is 2. The molecule has 0 radical (unpaired) electrons. The highest BCUT2D eigenvalue weighted by atomic mass is 32.2. The highest BCUT2D eigenvalue weighted by Crippen LogP contribution is 2.21. The van der Waals surface area contributed by atoms with Crippen LogP contribution in [0.2, 0.25) is 0 Å². The molecule has 0 heterocycles. The second kappa shape index (κ2) is 7.76. The predicted octanol–water partition coefficient (Wildman–Crippen LogP) is 2.69. The second-order valence-corrected chi connectivity index (χ2v) is 4.90. The SMILES string of the molecule is COC(=O)CCCSc1ccc(NC(C)=O)cc1. The van der Waals surface area contributed by atoms with Crippen molar-refractivity contribution in [2.45, 2.75) is 24.7 Å². The Morgan fingerprint density at radius 1 is 1.28 bits per heavy atom. The molecular weight excluding hydrogens is 250 g/mol. The number of ether oxygens (including phenoxy) is 1. The van der Waals surface area contributed by atoms with E-state index in [0.717, 1.165) is 22.8 Å². The number of methoxy groups -OCH3 is 1. The third-order valence-corrected chi connectivity index (χ3v) is 3.29. The van der Waals surface area contributed by atoms with Crippen LogP contribution in [0.15, 0.2) is 29.2 Å². The van der Waals surface area contributed by atoms with Crippen molar-refractivity contribution >= 4 is 29.3 Å². The van der Waals surface area contributed by atoms with Gasteiger partial charge in [0.15, 0.2) is 0 Å². The number of nitrogens with one attached hydrogen (secondary N) is 1. The highest BCUT2D eigenvalue weighted by Gasteiger charge is 2.01. The molecule has 1 rings (SSSR count). The normalized spacial score (nSPS) is 9.89. The number of anilines is 1. The van der Waals surface area contributed by atoms with E-state index in [-0.39, 0.29) is 11.9 Å². The van der Waals surface area contributed by atoms with Crippen LogP contribution in [-0.4, -0.2) is 24.7 Å². The third-order valence-electron chi connectivity index (χ3n) is 2.20. The van der Waals surface area contributed by atoms with Gasteiger partial charge in [0.05, 0.1) is 7.11 Å². The van der Waals surface area contributed by atoms with E-state index in [4.69, 9.17) is 0 Å². The number of thioether (sulfide) groups is 1. The van der Waals surface area contributed by atoms with Crippen LogP contribution in [0.5, 0.6) is 0 Å². The first-order chi connectivity index (χ1) is 8.61. The number of esters is 1. The fourth-order valence-electron chi connectivity index (χ4n) is 1.35. The van der Waals surface area contributed by atoms with Crippen molar-refractivity contribution in [3.8, 4) is 0 Å². The summed E-state index contributed by atoms with van der Waals surface area (Å²) in [6, 6.07) is 7.64. The smallest absolute Gasteiger partial charge is 0.305 e. The Kier molecular flexibility index (Phi) is 6.28. The Hall–Kier alpha value is -1.49. The maximum atomic E-state index is 10.9. The van der Waals surface area contributed by atoms with Crippen LogP contribution in [0.1, 0.15) is 19.8 Å². The largest absolute Gasteiger partial charge is 0.469 e. The minimum atomic E-state index is -0.170. The molecule has 0 fully saturated rings. The standard InChI is InChI=1S/C13H17NO3S/c1-10(15)14-11-5-7-12(8-6-11)18-9-3-4-13(16)17-2/h5-8H,3-4,9H2,1-2H3,(H,14,15). The number of benzene rings is 1. The van der Waals surface area contributed by atoms with Crippen molar-refractivity contribution in [1.29, 1.82) is 0 Å². The summed E-state index contributed by atoms with van der Waals surface area (Å²) in [6.45, 7) is 1.48. The molecule has 18 heavy (non-hydrogen) atoms. The van der Waals surface area contributed by atoms with E-state index < -0.39 is 0 Å². The van der Waals surface area contributed by atoms with Crippen LogP contribution in [0.25, 0.3) is 0 Å². The van der Waals surface area contributed by atoms with E-state index in [1.165, 1.54) is 14.0 Å². The van der Waals surface area contributed by atoms with Crippen molar-refractivity contribution in [1.82, 2.24) is 0 Å². The molecule has 0 spiro atoms. The van der Waals surface area contributed by atoms with E-state index in [0.29, 0.717) is 6.42 Å². The quantitative estimate of drug-likeness (QED) is 0.489. The first-order valence-electron chi connectivity index (χ1n) is 5.69. The Labute approximate surface area is 111 Å². The van der Waals surface area contributed by atoms with E-state index in [1.807, 2.05) is 24.3 Å². The number of hydrogen-bond donors (Lipinski definition) is 1. The van der Waals surface area contributed by atoms with E-state index >= 15 is 0 Å². The summed E-state index contributed by atoms with van der Waals surface area (Å²) in [7, 11) is 1.40. The second-order valence-electron chi connectivity index (χ2n) is 3.73.